The second-order valence-corrected chi connectivity index (χ2v) is 7.57. The van der Waals surface area contributed by atoms with Crippen LogP contribution in [0.5, 0.6) is 17.2 Å². The Balaban J connectivity index is 1.55. The highest BCUT2D eigenvalue weighted by Crippen LogP contribution is 2.30. The summed E-state index contributed by atoms with van der Waals surface area (Å²) >= 11 is 0. The quantitative estimate of drug-likeness (QED) is 0.387. The molecule has 3 aromatic rings. The lowest BCUT2D eigenvalue weighted by atomic mass is 10.1. The van der Waals surface area contributed by atoms with Gasteiger partial charge in [-0.1, -0.05) is 36.4 Å². The van der Waals surface area contributed by atoms with Crippen LogP contribution in [0.4, 0.5) is 10.5 Å². The second kappa shape index (κ2) is 10.6. The molecular weight excluding hydrogens is 448 g/mol. The number of barbiturate groups is 1. The van der Waals surface area contributed by atoms with Crippen molar-refractivity contribution in [2.75, 3.05) is 18.6 Å². The number of nitrogens with one attached hydrogen (secondary N) is 1. The number of hydrogen-bond donors (Lipinski definition) is 1. The molecule has 8 nitrogen and oxygen atoms in total. The molecule has 8 heteroatoms. The lowest BCUT2D eigenvalue weighted by Crippen LogP contribution is -2.54. The maximum atomic E-state index is 13.2. The van der Waals surface area contributed by atoms with Crippen LogP contribution in [0.2, 0.25) is 0 Å². The van der Waals surface area contributed by atoms with E-state index in [2.05, 4.69) is 5.32 Å². The summed E-state index contributed by atoms with van der Waals surface area (Å²) in [6, 6.07) is 20.4. The number of rotatable bonds is 8. The van der Waals surface area contributed by atoms with Crippen LogP contribution in [0, 0.1) is 0 Å². The molecule has 1 N–H and O–H groups in total. The first-order valence-electron chi connectivity index (χ1n) is 11.0. The molecule has 0 spiro atoms. The van der Waals surface area contributed by atoms with Crippen molar-refractivity contribution >= 4 is 29.6 Å². The Hall–Kier alpha value is -4.59. The van der Waals surface area contributed by atoms with E-state index in [0.29, 0.717) is 41.7 Å². The predicted molar refractivity (Wildman–Crippen MR) is 130 cm³/mol. The highest BCUT2D eigenvalue weighted by molar-refractivity contribution is 6.39. The van der Waals surface area contributed by atoms with Gasteiger partial charge in [0, 0.05) is 0 Å². The summed E-state index contributed by atoms with van der Waals surface area (Å²) in [7, 11) is 1.50. The molecule has 0 bridgehead atoms. The molecule has 0 radical (unpaired) electrons. The van der Waals surface area contributed by atoms with Gasteiger partial charge in [-0.05, 0) is 60.5 Å². The molecule has 0 atom stereocenters. The van der Waals surface area contributed by atoms with Crippen LogP contribution in [-0.2, 0) is 16.2 Å². The third-order valence-corrected chi connectivity index (χ3v) is 5.24. The van der Waals surface area contributed by atoms with Crippen LogP contribution >= 0.6 is 0 Å². The van der Waals surface area contributed by atoms with Gasteiger partial charge in [0.1, 0.15) is 17.9 Å². The number of hydrogen-bond acceptors (Lipinski definition) is 6. The van der Waals surface area contributed by atoms with Crippen molar-refractivity contribution in [1.82, 2.24) is 5.32 Å². The van der Waals surface area contributed by atoms with Crippen molar-refractivity contribution in [1.29, 1.82) is 0 Å². The van der Waals surface area contributed by atoms with Crippen LogP contribution in [0.3, 0.4) is 0 Å². The summed E-state index contributed by atoms with van der Waals surface area (Å²) in [5.41, 5.74) is 1.69. The monoisotopic (exact) mass is 472 g/mol. The van der Waals surface area contributed by atoms with Crippen LogP contribution < -0.4 is 24.4 Å². The fourth-order valence-electron chi connectivity index (χ4n) is 3.54. The van der Waals surface area contributed by atoms with Gasteiger partial charge in [0.25, 0.3) is 11.8 Å². The molecule has 1 fully saturated rings. The molecule has 1 heterocycles. The molecule has 4 amide bonds. The van der Waals surface area contributed by atoms with E-state index < -0.39 is 17.8 Å². The first-order valence-corrected chi connectivity index (χ1v) is 11.0. The maximum Gasteiger partial charge on any atom is 0.335 e. The molecule has 0 saturated carbocycles. The average molecular weight is 472 g/mol. The van der Waals surface area contributed by atoms with Gasteiger partial charge < -0.3 is 14.2 Å². The van der Waals surface area contributed by atoms with E-state index in [1.807, 2.05) is 37.3 Å². The normalized spacial score (nSPS) is 14.6. The minimum absolute atomic E-state index is 0.180. The SMILES string of the molecule is CCOc1ccc(/C=C2\C(=O)NC(=O)N(c3ccc(OCc4ccccc4)cc3)C2=O)cc1OC. The van der Waals surface area contributed by atoms with Crippen LogP contribution in [0.1, 0.15) is 18.1 Å². The van der Waals surface area contributed by atoms with Gasteiger partial charge in [0.15, 0.2) is 11.5 Å². The number of benzene rings is 3. The molecule has 178 valence electrons. The van der Waals surface area contributed by atoms with E-state index in [-0.39, 0.29) is 5.57 Å². The van der Waals surface area contributed by atoms with E-state index in [4.69, 9.17) is 14.2 Å². The van der Waals surface area contributed by atoms with E-state index >= 15 is 0 Å². The number of imide groups is 2. The van der Waals surface area contributed by atoms with Crippen LogP contribution in [0.15, 0.2) is 78.4 Å². The van der Waals surface area contributed by atoms with Crippen molar-refractivity contribution in [3.8, 4) is 17.2 Å². The van der Waals surface area contributed by atoms with Crippen LogP contribution in [0.25, 0.3) is 6.08 Å². The van der Waals surface area contributed by atoms with Crippen molar-refractivity contribution in [3.05, 3.63) is 89.5 Å². The van der Waals surface area contributed by atoms with Crippen LogP contribution in [-0.4, -0.2) is 31.6 Å². The summed E-state index contributed by atoms with van der Waals surface area (Å²) in [6.07, 6.45) is 1.41. The van der Waals surface area contributed by atoms with E-state index in [1.54, 1.807) is 42.5 Å². The molecule has 3 aromatic carbocycles. The molecule has 0 aromatic heterocycles. The van der Waals surface area contributed by atoms with Gasteiger partial charge in [-0.25, -0.2) is 9.69 Å². The molecule has 1 saturated heterocycles. The predicted octanol–water partition coefficient (Wildman–Crippen LogP) is 4.34. The third-order valence-electron chi connectivity index (χ3n) is 5.24. The molecule has 1 aliphatic heterocycles. The number of anilines is 1. The van der Waals surface area contributed by atoms with Crippen molar-refractivity contribution < 1.29 is 28.6 Å². The summed E-state index contributed by atoms with van der Waals surface area (Å²) in [5, 5.41) is 2.22. The minimum atomic E-state index is -0.820. The Labute approximate surface area is 202 Å². The molecule has 4 rings (SSSR count). The number of methoxy groups -OCH3 is 1. The zero-order valence-electron chi connectivity index (χ0n) is 19.3. The van der Waals surface area contributed by atoms with Gasteiger partial charge >= 0.3 is 6.03 Å². The zero-order valence-corrected chi connectivity index (χ0v) is 19.3. The first-order chi connectivity index (χ1) is 17.0. The number of urea groups is 1. The Morgan fingerprint density at radius 1 is 0.886 bits per heavy atom. The third kappa shape index (κ3) is 5.33. The number of carbonyl (C=O) groups excluding carboxylic acids is 3. The smallest absolute Gasteiger partial charge is 0.335 e. The Morgan fingerprint density at radius 2 is 1.63 bits per heavy atom. The highest BCUT2D eigenvalue weighted by atomic mass is 16.5. The molecule has 0 aliphatic carbocycles. The number of ether oxygens (including phenoxy) is 3. The maximum absolute atomic E-state index is 13.2. The Kier molecular flexibility index (Phi) is 7.11. The summed E-state index contributed by atoms with van der Waals surface area (Å²) in [6.45, 7) is 2.70. The fraction of sp³-hybridized carbons (Fsp3) is 0.148. The van der Waals surface area contributed by atoms with E-state index in [1.165, 1.54) is 13.2 Å². The zero-order chi connectivity index (χ0) is 24.8. The summed E-state index contributed by atoms with van der Waals surface area (Å²) in [5.74, 6) is 0.0825. The molecule has 0 unspecified atom stereocenters. The van der Waals surface area contributed by atoms with Crippen molar-refractivity contribution in [2.24, 2.45) is 0 Å². The van der Waals surface area contributed by atoms with E-state index in [9.17, 15) is 14.4 Å². The fourth-order valence-corrected chi connectivity index (χ4v) is 3.54. The Bertz CT molecular complexity index is 1270. The number of carbonyl (C=O) groups is 3. The molecule has 1 aliphatic rings. The summed E-state index contributed by atoms with van der Waals surface area (Å²) in [4.78, 5) is 39.1. The Morgan fingerprint density at radius 3 is 2.31 bits per heavy atom. The van der Waals surface area contributed by atoms with Gasteiger partial charge in [-0.2, -0.15) is 0 Å². The molecule has 35 heavy (non-hydrogen) atoms. The second-order valence-electron chi connectivity index (χ2n) is 7.57. The van der Waals surface area contributed by atoms with E-state index in [0.717, 1.165) is 10.5 Å². The van der Waals surface area contributed by atoms with Crippen molar-refractivity contribution in [2.45, 2.75) is 13.5 Å². The highest BCUT2D eigenvalue weighted by Gasteiger charge is 2.36. The van der Waals surface area contributed by atoms with Gasteiger partial charge in [-0.3, -0.25) is 14.9 Å². The summed E-state index contributed by atoms with van der Waals surface area (Å²) < 4.78 is 16.6. The molecular formula is C27H24N2O6. The van der Waals surface area contributed by atoms with Crippen molar-refractivity contribution in [3.63, 3.8) is 0 Å². The van der Waals surface area contributed by atoms with Gasteiger partial charge in [-0.15, -0.1) is 0 Å². The number of amides is 4. The van der Waals surface area contributed by atoms with Gasteiger partial charge in [0.2, 0.25) is 0 Å². The lowest BCUT2D eigenvalue weighted by molar-refractivity contribution is -0.122. The van der Waals surface area contributed by atoms with Gasteiger partial charge in [0.05, 0.1) is 19.4 Å². The average Bonchev–Trinajstić information content (AvgIpc) is 2.87. The minimum Gasteiger partial charge on any atom is -0.493 e. The number of nitrogens with zero attached hydrogens (tertiary/aromatic N) is 1. The first kappa shape index (κ1) is 23.6. The largest absolute Gasteiger partial charge is 0.493 e. The topological polar surface area (TPSA) is 94.2 Å². The lowest BCUT2D eigenvalue weighted by Gasteiger charge is -2.26. The standard InChI is InChI=1S/C27H24N2O6/c1-3-34-23-14-9-19(16-24(23)33-2)15-22-25(30)28-27(32)29(26(22)31)20-10-12-21(13-11-20)35-17-18-7-5-4-6-8-18/h4-16H,3,17H2,1-2H3,(H,28,30,32)/b22-15+.